The van der Waals surface area contributed by atoms with Crippen LogP contribution in [0.4, 0.5) is 11.4 Å². The third-order valence-corrected chi connectivity index (χ3v) is 2.85. The zero-order chi connectivity index (χ0) is 14.0. The predicted octanol–water partition coefficient (Wildman–Crippen LogP) is 2.41. The van der Waals surface area contributed by atoms with Gasteiger partial charge in [0.15, 0.2) is 6.61 Å². The zero-order valence-electron chi connectivity index (χ0n) is 11.6. The molecule has 1 aliphatic rings. The predicted molar refractivity (Wildman–Crippen MR) is 74.5 cm³/mol. The third-order valence-electron chi connectivity index (χ3n) is 2.85. The van der Waals surface area contributed by atoms with Gasteiger partial charge < -0.3 is 20.5 Å². The molecule has 0 saturated heterocycles. The number of nitrogens with two attached hydrogens (primary N) is 1. The number of nitrogen functional groups attached to an aromatic ring is 1. The van der Waals surface area contributed by atoms with Crippen molar-refractivity contribution in [3.63, 3.8) is 0 Å². The summed E-state index contributed by atoms with van der Waals surface area (Å²) in [5, 5.41) is 2.73. The zero-order valence-corrected chi connectivity index (χ0v) is 11.6. The first-order valence-electron chi connectivity index (χ1n) is 6.34. The van der Waals surface area contributed by atoms with Crippen LogP contribution < -0.4 is 20.5 Å². The fraction of sp³-hybridized carbons (Fsp3) is 0.500. The highest BCUT2D eigenvalue weighted by Crippen LogP contribution is 2.36. The van der Waals surface area contributed by atoms with Crippen molar-refractivity contribution in [3.05, 3.63) is 12.1 Å². The van der Waals surface area contributed by atoms with Crippen LogP contribution in [0.5, 0.6) is 11.5 Å². The maximum Gasteiger partial charge on any atom is 0.262 e. The van der Waals surface area contributed by atoms with Crippen molar-refractivity contribution >= 4 is 17.3 Å². The Morgan fingerprint density at radius 2 is 2.16 bits per heavy atom. The molecule has 1 aromatic carbocycles. The van der Waals surface area contributed by atoms with Gasteiger partial charge in [-0.05, 0) is 11.8 Å². The fourth-order valence-electron chi connectivity index (χ4n) is 1.71. The average molecular weight is 264 g/mol. The topological polar surface area (TPSA) is 73.6 Å². The highest BCUT2D eigenvalue weighted by molar-refractivity contribution is 5.96. The maximum atomic E-state index is 11.3. The van der Waals surface area contributed by atoms with E-state index in [9.17, 15) is 4.79 Å². The molecule has 1 amide bonds. The molecule has 0 aliphatic carbocycles. The summed E-state index contributed by atoms with van der Waals surface area (Å²) < 4.78 is 11.0. The molecule has 0 fully saturated rings. The molecule has 0 aromatic heterocycles. The summed E-state index contributed by atoms with van der Waals surface area (Å²) in [6.45, 7) is 7.07. The van der Waals surface area contributed by atoms with Crippen molar-refractivity contribution in [2.75, 3.05) is 24.3 Å². The van der Waals surface area contributed by atoms with Crippen LogP contribution in [-0.4, -0.2) is 19.1 Å². The first kappa shape index (κ1) is 13.5. The molecule has 2 rings (SSSR count). The molecular weight excluding hydrogens is 244 g/mol. The van der Waals surface area contributed by atoms with Crippen molar-refractivity contribution in [1.82, 2.24) is 0 Å². The van der Waals surface area contributed by atoms with Gasteiger partial charge >= 0.3 is 0 Å². The van der Waals surface area contributed by atoms with Crippen LogP contribution in [-0.2, 0) is 4.79 Å². The van der Waals surface area contributed by atoms with Crippen molar-refractivity contribution in [3.8, 4) is 11.5 Å². The smallest absolute Gasteiger partial charge is 0.262 e. The van der Waals surface area contributed by atoms with Crippen LogP contribution in [0.2, 0.25) is 0 Å². The normalized spacial score (nSPS) is 14.4. The fourth-order valence-corrected chi connectivity index (χ4v) is 1.71. The molecular formula is C14H20N2O3. The average Bonchev–Trinajstić information content (AvgIpc) is 2.29. The number of carbonyl (C=O) groups is 1. The largest absolute Gasteiger partial charge is 0.491 e. The number of amides is 1. The molecule has 0 radical (unpaired) electrons. The van der Waals surface area contributed by atoms with E-state index in [0.29, 0.717) is 29.5 Å². The van der Waals surface area contributed by atoms with Gasteiger partial charge in [-0.1, -0.05) is 20.8 Å². The second kappa shape index (κ2) is 4.99. The Morgan fingerprint density at radius 3 is 2.84 bits per heavy atom. The first-order valence-corrected chi connectivity index (χ1v) is 6.34. The lowest BCUT2D eigenvalue weighted by Crippen LogP contribution is -2.25. The molecule has 1 aromatic rings. The Morgan fingerprint density at radius 1 is 1.42 bits per heavy atom. The highest BCUT2D eigenvalue weighted by atomic mass is 16.5. The molecule has 3 N–H and O–H groups in total. The monoisotopic (exact) mass is 264 g/mol. The lowest BCUT2D eigenvalue weighted by atomic mass is 9.93. The molecule has 0 saturated carbocycles. The molecule has 0 spiro atoms. The van der Waals surface area contributed by atoms with Crippen LogP contribution >= 0.6 is 0 Å². The first-order chi connectivity index (χ1) is 8.85. The van der Waals surface area contributed by atoms with Gasteiger partial charge in [0.25, 0.3) is 5.91 Å². The van der Waals surface area contributed by atoms with Crippen LogP contribution in [0.1, 0.15) is 27.2 Å². The second-order valence-corrected chi connectivity index (χ2v) is 5.88. The Bertz CT molecular complexity index is 492. The van der Waals surface area contributed by atoms with E-state index < -0.39 is 0 Å². The van der Waals surface area contributed by atoms with Crippen LogP contribution in [0.25, 0.3) is 0 Å². The number of hydrogen-bond donors (Lipinski definition) is 2. The van der Waals surface area contributed by atoms with Crippen molar-refractivity contribution < 1.29 is 14.3 Å². The van der Waals surface area contributed by atoms with Gasteiger partial charge in [-0.15, -0.1) is 0 Å². The van der Waals surface area contributed by atoms with Crippen molar-refractivity contribution in [1.29, 1.82) is 0 Å². The quantitative estimate of drug-likeness (QED) is 0.822. The molecule has 1 aliphatic heterocycles. The molecule has 104 valence electrons. The van der Waals surface area contributed by atoms with E-state index in [1.165, 1.54) is 0 Å². The van der Waals surface area contributed by atoms with E-state index in [-0.39, 0.29) is 17.9 Å². The van der Waals surface area contributed by atoms with Gasteiger partial charge in [0.1, 0.15) is 11.5 Å². The molecule has 5 nitrogen and oxygen atoms in total. The molecule has 0 unspecified atom stereocenters. The summed E-state index contributed by atoms with van der Waals surface area (Å²) in [7, 11) is 0. The highest BCUT2D eigenvalue weighted by Gasteiger charge is 2.19. The lowest BCUT2D eigenvalue weighted by molar-refractivity contribution is -0.118. The molecule has 1 heterocycles. The summed E-state index contributed by atoms with van der Waals surface area (Å²) in [6.07, 6.45) is 0.923. The van der Waals surface area contributed by atoms with Crippen LogP contribution in [0.3, 0.4) is 0 Å². The molecule has 19 heavy (non-hydrogen) atoms. The van der Waals surface area contributed by atoms with Crippen molar-refractivity contribution in [2.24, 2.45) is 5.41 Å². The van der Waals surface area contributed by atoms with Gasteiger partial charge in [-0.25, -0.2) is 0 Å². The third kappa shape index (κ3) is 3.53. The number of anilines is 2. The molecule has 5 heteroatoms. The minimum atomic E-state index is -0.169. The van der Waals surface area contributed by atoms with E-state index in [4.69, 9.17) is 15.2 Å². The summed E-state index contributed by atoms with van der Waals surface area (Å²) in [6, 6.07) is 3.39. The second-order valence-electron chi connectivity index (χ2n) is 5.88. The number of carbonyl (C=O) groups excluding carboxylic acids is 1. The van der Waals surface area contributed by atoms with E-state index in [1.807, 2.05) is 0 Å². The van der Waals surface area contributed by atoms with E-state index in [2.05, 4.69) is 26.1 Å². The molecule has 0 bridgehead atoms. The van der Waals surface area contributed by atoms with Gasteiger partial charge in [-0.2, -0.15) is 0 Å². The van der Waals surface area contributed by atoms with Gasteiger partial charge in [0, 0.05) is 12.1 Å². The lowest BCUT2D eigenvalue weighted by Gasteiger charge is -2.21. The van der Waals surface area contributed by atoms with Crippen LogP contribution in [0.15, 0.2) is 12.1 Å². The summed E-state index contributed by atoms with van der Waals surface area (Å²) >= 11 is 0. The van der Waals surface area contributed by atoms with Gasteiger partial charge in [-0.3, -0.25) is 4.79 Å². The Labute approximate surface area is 113 Å². The number of fused-ring (bicyclic) bond motifs is 1. The number of benzene rings is 1. The summed E-state index contributed by atoms with van der Waals surface area (Å²) in [4.78, 5) is 11.3. The number of hydrogen-bond acceptors (Lipinski definition) is 4. The number of rotatable bonds is 3. The summed E-state index contributed by atoms with van der Waals surface area (Å²) in [5.41, 5.74) is 7.25. The maximum absolute atomic E-state index is 11.3. The van der Waals surface area contributed by atoms with E-state index >= 15 is 0 Å². The number of nitrogens with one attached hydrogen (secondary N) is 1. The SMILES string of the molecule is CC(C)(C)CCOc1cc2c(cc1N)OCC(=O)N2. The Kier molecular flexibility index (Phi) is 3.55. The minimum absolute atomic E-state index is 0.0245. The van der Waals surface area contributed by atoms with E-state index in [1.54, 1.807) is 12.1 Å². The van der Waals surface area contributed by atoms with Crippen molar-refractivity contribution in [2.45, 2.75) is 27.2 Å². The Hall–Kier alpha value is -1.91. The van der Waals surface area contributed by atoms with Gasteiger partial charge in [0.2, 0.25) is 0 Å². The standard InChI is InChI=1S/C14H20N2O3/c1-14(2,3)4-5-18-11-7-10-12(6-9(11)15)19-8-13(17)16-10/h6-7H,4-5,8,15H2,1-3H3,(H,16,17). The summed E-state index contributed by atoms with van der Waals surface area (Å²) in [5.74, 6) is 0.993. The van der Waals surface area contributed by atoms with E-state index in [0.717, 1.165) is 6.42 Å². The van der Waals surface area contributed by atoms with Gasteiger partial charge in [0.05, 0.1) is 18.0 Å². The minimum Gasteiger partial charge on any atom is -0.491 e. The Balaban J connectivity index is 2.09. The molecule has 0 atom stereocenters. The van der Waals surface area contributed by atoms with Crippen LogP contribution in [0, 0.1) is 5.41 Å². The number of ether oxygens (including phenoxy) is 2.